The number of hydrogen-bond acceptors (Lipinski definition) is 3. The minimum atomic E-state index is -0.164. The van der Waals surface area contributed by atoms with Crippen molar-refractivity contribution in [3.63, 3.8) is 0 Å². The van der Waals surface area contributed by atoms with Gasteiger partial charge in [0.05, 0.1) is 5.56 Å². The second-order valence-electron chi connectivity index (χ2n) is 6.26. The molecular formula is C20H21ClN2O2. The fourth-order valence-corrected chi connectivity index (χ4v) is 3.32. The number of carbonyl (C=O) groups excluding carboxylic acids is 2. The number of likely N-dealkylation sites (tertiary alicyclic amines) is 1. The lowest BCUT2D eigenvalue weighted by molar-refractivity contribution is 0.0694. The Bertz CT molecular complexity index is 774. The second kappa shape index (κ2) is 7.81. The Balaban J connectivity index is 1.89. The van der Waals surface area contributed by atoms with Crippen LogP contribution in [0.25, 0.3) is 0 Å². The van der Waals surface area contributed by atoms with E-state index in [1.165, 1.54) is 0 Å². The SMILES string of the molecule is CNC1CCCN(C(=O)c2ccccc2C(=O)c2ccc(Cl)cc2)C1. The van der Waals surface area contributed by atoms with Crippen molar-refractivity contribution in [1.29, 1.82) is 0 Å². The molecule has 0 aromatic heterocycles. The second-order valence-corrected chi connectivity index (χ2v) is 6.70. The molecule has 1 heterocycles. The smallest absolute Gasteiger partial charge is 0.254 e. The highest BCUT2D eigenvalue weighted by molar-refractivity contribution is 6.30. The summed E-state index contributed by atoms with van der Waals surface area (Å²) in [5.74, 6) is -0.249. The number of carbonyl (C=O) groups is 2. The average Bonchev–Trinajstić information content (AvgIpc) is 2.67. The van der Waals surface area contributed by atoms with E-state index in [1.54, 1.807) is 48.5 Å². The predicted molar refractivity (Wildman–Crippen MR) is 99.3 cm³/mol. The average molecular weight is 357 g/mol. The van der Waals surface area contributed by atoms with Gasteiger partial charge in [-0.25, -0.2) is 0 Å². The monoisotopic (exact) mass is 356 g/mol. The Labute approximate surface area is 152 Å². The number of hydrogen-bond donors (Lipinski definition) is 1. The molecule has 2 aromatic carbocycles. The molecule has 1 amide bonds. The maximum absolute atomic E-state index is 13.0. The van der Waals surface area contributed by atoms with E-state index in [2.05, 4.69) is 5.32 Å². The van der Waals surface area contributed by atoms with Crippen LogP contribution in [0.3, 0.4) is 0 Å². The lowest BCUT2D eigenvalue weighted by Gasteiger charge is -2.33. The van der Waals surface area contributed by atoms with Gasteiger partial charge >= 0.3 is 0 Å². The molecule has 0 saturated carbocycles. The predicted octanol–water partition coefficient (Wildman–Crippen LogP) is 3.40. The lowest BCUT2D eigenvalue weighted by Crippen LogP contribution is -2.47. The van der Waals surface area contributed by atoms with Crippen LogP contribution >= 0.6 is 11.6 Å². The molecule has 0 bridgehead atoms. The van der Waals surface area contributed by atoms with Crippen LogP contribution in [-0.4, -0.2) is 42.8 Å². The summed E-state index contributed by atoms with van der Waals surface area (Å²) in [7, 11) is 1.91. The van der Waals surface area contributed by atoms with Gasteiger partial charge in [-0.2, -0.15) is 0 Å². The van der Waals surface area contributed by atoms with Crippen molar-refractivity contribution in [3.8, 4) is 0 Å². The van der Waals surface area contributed by atoms with Crippen molar-refractivity contribution in [2.24, 2.45) is 0 Å². The molecule has 0 spiro atoms. The number of rotatable bonds is 4. The molecule has 0 radical (unpaired) electrons. The van der Waals surface area contributed by atoms with E-state index in [0.29, 0.717) is 34.3 Å². The van der Waals surface area contributed by atoms with E-state index in [-0.39, 0.29) is 11.7 Å². The molecule has 1 unspecified atom stereocenters. The first-order valence-corrected chi connectivity index (χ1v) is 8.84. The number of amides is 1. The van der Waals surface area contributed by atoms with Gasteiger partial charge < -0.3 is 10.2 Å². The van der Waals surface area contributed by atoms with Gasteiger partial charge in [-0.05, 0) is 50.2 Å². The Kier molecular flexibility index (Phi) is 5.51. The van der Waals surface area contributed by atoms with Crippen LogP contribution < -0.4 is 5.32 Å². The number of likely N-dealkylation sites (N-methyl/N-ethyl adjacent to an activating group) is 1. The highest BCUT2D eigenvalue weighted by Crippen LogP contribution is 2.20. The molecule has 25 heavy (non-hydrogen) atoms. The van der Waals surface area contributed by atoms with E-state index in [9.17, 15) is 9.59 Å². The Morgan fingerprint density at radius 3 is 2.44 bits per heavy atom. The number of halogens is 1. The third kappa shape index (κ3) is 3.91. The fourth-order valence-electron chi connectivity index (χ4n) is 3.19. The maximum atomic E-state index is 13.0. The molecule has 1 saturated heterocycles. The number of piperidine rings is 1. The van der Waals surface area contributed by atoms with Crippen molar-refractivity contribution in [1.82, 2.24) is 10.2 Å². The Morgan fingerprint density at radius 1 is 1.08 bits per heavy atom. The van der Waals surface area contributed by atoms with E-state index in [1.807, 2.05) is 11.9 Å². The summed E-state index contributed by atoms with van der Waals surface area (Å²) in [4.78, 5) is 27.7. The van der Waals surface area contributed by atoms with Crippen molar-refractivity contribution in [3.05, 3.63) is 70.2 Å². The molecule has 3 rings (SSSR count). The lowest BCUT2D eigenvalue weighted by atomic mass is 9.96. The molecular weight excluding hydrogens is 336 g/mol. The third-order valence-electron chi connectivity index (χ3n) is 4.63. The summed E-state index contributed by atoms with van der Waals surface area (Å²) in [6.45, 7) is 1.39. The zero-order valence-electron chi connectivity index (χ0n) is 14.2. The third-order valence-corrected chi connectivity index (χ3v) is 4.88. The van der Waals surface area contributed by atoms with Gasteiger partial charge in [0.15, 0.2) is 5.78 Å². The van der Waals surface area contributed by atoms with Gasteiger partial charge in [0.2, 0.25) is 0 Å². The van der Waals surface area contributed by atoms with Crippen LogP contribution in [0.1, 0.15) is 39.1 Å². The number of nitrogens with zero attached hydrogens (tertiary/aromatic N) is 1. The highest BCUT2D eigenvalue weighted by atomic mass is 35.5. The quantitative estimate of drug-likeness (QED) is 0.854. The minimum Gasteiger partial charge on any atom is -0.337 e. The molecule has 4 nitrogen and oxygen atoms in total. The first-order chi connectivity index (χ1) is 12.1. The molecule has 1 aliphatic rings. The van der Waals surface area contributed by atoms with Crippen LogP contribution in [0.4, 0.5) is 0 Å². The highest BCUT2D eigenvalue weighted by Gasteiger charge is 2.26. The van der Waals surface area contributed by atoms with Crippen molar-refractivity contribution < 1.29 is 9.59 Å². The van der Waals surface area contributed by atoms with Gasteiger partial charge in [-0.3, -0.25) is 9.59 Å². The molecule has 0 aliphatic carbocycles. The van der Waals surface area contributed by atoms with Gasteiger partial charge in [-0.1, -0.05) is 29.8 Å². The molecule has 2 aromatic rings. The van der Waals surface area contributed by atoms with Gasteiger partial charge in [0.25, 0.3) is 5.91 Å². The molecule has 1 atom stereocenters. The minimum absolute atomic E-state index is 0.0853. The van der Waals surface area contributed by atoms with Gasteiger partial charge in [0.1, 0.15) is 0 Å². The van der Waals surface area contributed by atoms with Crippen molar-refractivity contribution >= 4 is 23.3 Å². The summed E-state index contributed by atoms with van der Waals surface area (Å²) < 4.78 is 0. The van der Waals surface area contributed by atoms with E-state index < -0.39 is 0 Å². The molecule has 1 aliphatic heterocycles. The summed E-state index contributed by atoms with van der Waals surface area (Å²) in [5.41, 5.74) is 1.41. The Hall–Kier alpha value is -2.17. The standard InChI is InChI=1S/C20H21ClN2O2/c1-22-16-5-4-12-23(13-16)20(25)18-7-3-2-6-17(18)19(24)14-8-10-15(21)11-9-14/h2-3,6-11,16,22H,4-5,12-13H2,1H3. The van der Waals surface area contributed by atoms with Crippen molar-refractivity contribution in [2.75, 3.05) is 20.1 Å². The first-order valence-electron chi connectivity index (χ1n) is 8.46. The molecule has 1 N–H and O–H groups in total. The summed E-state index contributed by atoms with van der Waals surface area (Å²) >= 11 is 5.90. The molecule has 1 fully saturated rings. The topological polar surface area (TPSA) is 49.4 Å². The van der Waals surface area contributed by atoms with Crippen LogP contribution in [0.2, 0.25) is 5.02 Å². The largest absolute Gasteiger partial charge is 0.337 e. The maximum Gasteiger partial charge on any atom is 0.254 e. The van der Waals surface area contributed by atoms with Crippen LogP contribution in [0.15, 0.2) is 48.5 Å². The zero-order valence-corrected chi connectivity index (χ0v) is 14.9. The molecule has 130 valence electrons. The summed E-state index contributed by atoms with van der Waals surface area (Å²) in [5, 5.41) is 3.81. The number of ketones is 1. The first kappa shape index (κ1) is 17.6. The number of nitrogens with one attached hydrogen (secondary N) is 1. The van der Waals surface area contributed by atoms with Crippen molar-refractivity contribution in [2.45, 2.75) is 18.9 Å². The van der Waals surface area contributed by atoms with E-state index in [4.69, 9.17) is 11.6 Å². The van der Waals surface area contributed by atoms with Crippen LogP contribution in [-0.2, 0) is 0 Å². The normalized spacial score (nSPS) is 17.4. The van der Waals surface area contributed by atoms with Crippen LogP contribution in [0.5, 0.6) is 0 Å². The summed E-state index contributed by atoms with van der Waals surface area (Å²) in [6.07, 6.45) is 2.02. The van der Waals surface area contributed by atoms with Crippen LogP contribution in [0, 0.1) is 0 Å². The van der Waals surface area contributed by atoms with E-state index >= 15 is 0 Å². The molecule has 5 heteroatoms. The number of benzene rings is 2. The fraction of sp³-hybridized carbons (Fsp3) is 0.300. The Morgan fingerprint density at radius 2 is 1.76 bits per heavy atom. The zero-order chi connectivity index (χ0) is 17.8. The van der Waals surface area contributed by atoms with Gasteiger partial charge in [-0.15, -0.1) is 0 Å². The van der Waals surface area contributed by atoms with Gasteiger partial charge in [0, 0.05) is 35.3 Å². The van der Waals surface area contributed by atoms with E-state index in [0.717, 1.165) is 19.4 Å². The summed E-state index contributed by atoms with van der Waals surface area (Å²) in [6, 6.07) is 14.1.